The molecule has 4 heterocycles. The van der Waals surface area contributed by atoms with Crippen molar-refractivity contribution in [2.45, 2.75) is 32.6 Å². The number of carbonyl (C=O) groups is 1. The van der Waals surface area contributed by atoms with Crippen molar-refractivity contribution >= 4 is 22.9 Å². The Kier molecular flexibility index (Phi) is 4.70. The Hall–Kier alpha value is -1.95. The van der Waals surface area contributed by atoms with Crippen LogP contribution in [-0.4, -0.2) is 47.0 Å². The highest BCUT2D eigenvalue weighted by Gasteiger charge is 2.30. The maximum Gasteiger partial charge on any atom is 0.225 e. The van der Waals surface area contributed by atoms with Gasteiger partial charge in [-0.05, 0) is 38.7 Å². The molecule has 0 N–H and O–H groups in total. The molecule has 0 unspecified atom stereocenters. The van der Waals surface area contributed by atoms with Crippen LogP contribution in [-0.2, 0) is 4.79 Å². The van der Waals surface area contributed by atoms with Crippen LogP contribution in [0.4, 0.5) is 5.69 Å². The lowest BCUT2D eigenvalue weighted by Gasteiger charge is -2.35. The number of pyridine rings is 1. The van der Waals surface area contributed by atoms with Crippen molar-refractivity contribution in [1.82, 2.24) is 14.9 Å². The number of rotatable bonds is 3. The predicted octanol–water partition coefficient (Wildman–Crippen LogP) is 3.35. The molecule has 0 aliphatic carbocycles. The van der Waals surface area contributed by atoms with Crippen LogP contribution >= 0.6 is 11.3 Å². The molecule has 2 aliphatic heterocycles. The third-order valence-corrected chi connectivity index (χ3v) is 6.20. The molecule has 0 atom stereocenters. The summed E-state index contributed by atoms with van der Waals surface area (Å²) in [6, 6.07) is 2.05. The number of aromatic nitrogens is 2. The van der Waals surface area contributed by atoms with Crippen molar-refractivity contribution in [2.75, 3.05) is 31.1 Å². The van der Waals surface area contributed by atoms with Gasteiger partial charge in [0, 0.05) is 54.9 Å². The molecular formula is C19H24N4OS. The molecular weight excluding hydrogens is 332 g/mol. The van der Waals surface area contributed by atoms with E-state index in [-0.39, 0.29) is 5.92 Å². The minimum Gasteiger partial charge on any atom is -0.370 e. The van der Waals surface area contributed by atoms with E-state index in [0.29, 0.717) is 5.91 Å². The van der Waals surface area contributed by atoms with Gasteiger partial charge < -0.3 is 9.80 Å². The number of hydrogen-bond acceptors (Lipinski definition) is 5. The predicted molar refractivity (Wildman–Crippen MR) is 101 cm³/mol. The highest BCUT2D eigenvalue weighted by molar-refractivity contribution is 7.15. The fourth-order valence-electron chi connectivity index (χ4n) is 3.86. The van der Waals surface area contributed by atoms with E-state index in [1.807, 2.05) is 18.6 Å². The van der Waals surface area contributed by atoms with Crippen LogP contribution in [0.1, 0.15) is 30.6 Å². The largest absolute Gasteiger partial charge is 0.370 e. The molecule has 0 bridgehead atoms. The number of nitrogens with zero attached hydrogens (tertiary/aromatic N) is 4. The highest BCUT2D eigenvalue weighted by atomic mass is 32.1. The summed E-state index contributed by atoms with van der Waals surface area (Å²) in [7, 11) is 0. The van der Waals surface area contributed by atoms with Crippen molar-refractivity contribution in [3.8, 4) is 10.6 Å². The number of likely N-dealkylation sites (tertiary alicyclic amines) is 1. The number of piperidine rings is 1. The Morgan fingerprint density at radius 3 is 2.60 bits per heavy atom. The first-order chi connectivity index (χ1) is 12.2. The molecule has 0 saturated carbocycles. The average molecular weight is 356 g/mol. The number of aryl methyl sites for hydroxylation is 1. The standard InChI is InChI=1S/C19H24N4OS/c1-14-12-21-18(25-14)16-4-7-20-13-17(16)22-10-5-15(6-11-22)19(24)23-8-2-3-9-23/h4,7,12-13,15H,2-3,5-6,8-11H2,1H3. The molecule has 1 amide bonds. The summed E-state index contributed by atoms with van der Waals surface area (Å²) in [5.74, 6) is 0.565. The Bertz CT molecular complexity index is 745. The fourth-order valence-corrected chi connectivity index (χ4v) is 4.66. The first kappa shape index (κ1) is 16.5. The number of carbonyl (C=O) groups excluding carboxylic acids is 1. The smallest absolute Gasteiger partial charge is 0.225 e. The van der Waals surface area contributed by atoms with Gasteiger partial charge in [-0.15, -0.1) is 11.3 Å². The van der Waals surface area contributed by atoms with Gasteiger partial charge in [0.1, 0.15) is 5.01 Å². The normalized spacial score (nSPS) is 18.8. The van der Waals surface area contributed by atoms with Crippen molar-refractivity contribution in [3.05, 3.63) is 29.5 Å². The molecule has 2 saturated heterocycles. The average Bonchev–Trinajstić information content (AvgIpc) is 3.33. The van der Waals surface area contributed by atoms with Crippen LogP contribution in [0, 0.1) is 12.8 Å². The second-order valence-corrected chi connectivity index (χ2v) is 8.20. The Morgan fingerprint density at radius 1 is 1.16 bits per heavy atom. The van der Waals surface area contributed by atoms with E-state index in [9.17, 15) is 4.79 Å². The minimum atomic E-state index is 0.191. The molecule has 25 heavy (non-hydrogen) atoms. The molecule has 2 aromatic rings. The maximum atomic E-state index is 12.6. The topological polar surface area (TPSA) is 49.3 Å². The summed E-state index contributed by atoms with van der Waals surface area (Å²) in [5.41, 5.74) is 2.29. The minimum absolute atomic E-state index is 0.191. The lowest BCUT2D eigenvalue weighted by atomic mass is 9.94. The van der Waals surface area contributed by atoms with Gasteiger partial charge in [-0.25, -0.2) is 4.98 Å². The molecule has 0 radical (unpaired) electrons. The molecule has 5 nitrogen and oxygen atoms in total. The second kappa shape index (κ2) is 7.12. The van der Waals surface area contributed by atoms with E-state index in [2.05, 4.69) is 32.8 Å². The molecule has 0 spiro atoms. The lowest BCUT2D eigenvalue weighted by molar-refractivity contribution is -0.135. The zero-order chi connectivity index (χ0) is 17.2. The maximum absolute atomic E-state index is 12.6. The lowest BCUT2D eigenvalue weighted by Crippen LogP contribution is -2.41. The molecule has 2 aromatic heterocycles. The van der Waals surface area contributed by atoms with Gasteiger partial charge >= 0.3 is 0 Å². The van der Waals surface area contributed by atoms with Crippen LogP contribution < -0.4 is 4.90 Å². The van der Waals surface area contributed by atoms with E-state index in [1.54, 1.807) is 11.3 Å². The monoisotopic (exact) mass is 356 g/mol. The van der Waals surface area contributed by atoms with E-state index >= 15 is 0 Å². The van der Waals surface area contributed by atoms with Crippen LogP contribution in [0.5, 0.6) is 0 Å². The summed E-state index contributed by atoms with van der Waals surface area (Å²) >= 11 is 1.71. The van der Waals surface area contributed by atoms with E-state index in [1.165, 1.54) is 4.88 Å². The molecule has 2 fully saturated rings. The van der Waals surface area contributed by atoms with Crippen molar-refractivity contribution in [2.24, 2.45) is 5.92 Å². The first-order valence-corrected chi connectivity index (χ1v) is 9.94. The molecule has 132 valence electrons. The summed E-state index contributed by atoms with van der Waals surface area (Å²) in [6.07, 6.45) is 9.88. The van der Waals surface area contributed by atoms with Gasteiger partial charge in [0.2, 0.25) is 5.91 Å². The van der Waals surface area contributed by atoms with Crippen LogP contribution in [0.25, 0.3) is 10.6 Å². The second-order valence-electron chi connectivity index (χ2n) is 6.96. The summed E-state index contributed by atoms with van der Waals surface area (Å²) in [4.78, 5) is 27.1. The number of hydrogen-bond donors (Lipinski definition) is 0. The van der Waals surface area contributed by atoms with Gasteiger partial charge in [-0.2, -0.15) is 0 Å². The molecule has 0 aromatic carbocycles. The van der Waals surface area contributed by atoms with E-state index in [0.717, 1.165) is 68.1 Å². The van der Waals surface area contributed by atoms with Gasteiger partial charge in [-0.3, -0.25) is 9.78 Å². The summed E-state index contributed by atoms with van der Waals surface area (Å²) in [5, 5.41) is 1.05. The molecule has 6 heteroatoms. The van der Waals surface area contributed by atoms with E-state index in [4.69, 9.17) is 0 Å². The van der Waals surface area contributed by atoms with Gasteiger partial charge in [0.05, 0.1) is 11.9 Å². The van der Waals surface area contributed by atoms with Crippen LogP contribution in [0.15, 0.2) is 24.7 Å². The van der Waals surface area contributed by atoms with Gasteiger partial charge in [-0.1, -0.05) is 0 Å². The van der Waals surface area contributed by atoms with Gasteiger partial charge in [0.15, 0.2) is 0 Å². The summed E-state index contributed by atoms with van der Waals surface area (Å²) in [6.45, 7) is 5.81. The highest BCUT2D eigenvalue weighted by Crippen LogP contribution is 2.35. The Labute approximate surface area is 152 Å². The van der Waals surface area contributed by atoms with Crippen LogP contribution in [0.2, 0.25) is 0 Å². The SMILES string of the molecule is Cc1cnc(-c2ccncc2N2CCC(C(=O)N3CCCC3)CC2)s1. The Morgan fingerprint density at radius 2 is 1.92 bits per heavy atom. The third kappa shape index (κ3) is 3.40. The van der Waals surface area contributed by atoms with Crippen molar-refractivity contribution < 1.29 is 4.79 Å². The van der Waals surface area contributed by atoms with Crippen LogP contribution in [0.3, 0.4) is 0 Å². The first-order valence-electron chi connectivity index (χ1n) is 9.13. The summed E-state index contributed by atoms with van der Waals surface area (Å²) < 4.78 is 0. The quantitative estimate of drug-likeness (QED) is 0.846. The zero-order valence-corrected chi connectivity index (χ0v) is 15.5. The Balaban J connectivity index is 1.47. The number of thiazole rings is 1. The van der Waals surface area contributed by atoms with Crippen molar-refractivity contribution in [1.29, 1.82) is 0 Å². The molecule has 4 rings (SSSR count). The zero-order valence-electron chi connectivity index (χ0n) is 14.6. The number of anilines is 1. The van der Waals surface area contributed by atoms with E-state index < -0.39 is 0 Å². The molecule has 2 aliphatic rings. The number of amides is 1. The fraction of sp³-hybridized carbons (Fsp3) is 0.526. The van der Waals surface area contributed by atoms with Gasteiger partial charge in [0.25, 0.3) is 0 Å². The third-order valence-electron chi connectivity index (χ3n) is 5.25. The van der Waals surface area contributed by atoms with Crippen molar-refractivity contribution in [3.63, 3.8) is 0 Å².